The van der Waals surface area contributed by atoms with Crippen LogP contribution in [0.25, 0.3) is 0 Å². The van der Waals surface area contributed by atoms with Crippen LogP contribution in [0, 0.1) is 0 Å². The second-order valence-corrected chi connectivity index (χ2v) is 4.19. The molecule has 0 amide bonds. The number of aldehydes is 1. The van der Waals surface area contributed by atoms with Gasteiger partial charge in [-0.05, 0) is 44.0 Å². The van der Waals surface area contributed by atoms with Crippen LogP contribution in [0.5, 0.6) is 5.75 Å². The number of ether oxygens (including phenoxy) is 2. The van der Waals surface area contributed by atoms with Crippen LogP contribution in [0.4, 0.5) is 0 Å². The number of hydrogen-bond acceptors (Lipinski definition) is 4. The Morgan fingerprint density at radius 1 is 1.26 bits per heavy atom. The molecule has 0 aliphatic heterocycles. The molecular formula is C15H20O4. The molecule has 0 radical (unpaired) electrons. The fraction of sp³-hybridized carbons (Fsp3) is 0.467. The van der Waals surface area contributed by atoms with Gasteiger partial charge in [0, 0.05) is 5.56 Å². The summed E-state index contributed by atoms with van der Waals surface area (Å²) >= 11 is 0. The first-order valence-corrected chi connectivity index (χ1v) is 6.59. The van der Waals surface area contributed by atoms with E-state index in [2.05, 4.69) is 6.92 Å². The summed E-state index contributed by atoms with van der Waals surface area (Å²) in [5, 5.41) is 0. The number of esters is 1. The summed E-state index contributed by atoms with van der Waals surface area (Å²) < 4.78 is 10.6. The summed E-state index contributed by atoms with van der Waals surface area (Å²) in [5.74, 6) is 0.232. The van der Waals surface area contributed by atoms with E-state index >= 15 is 0 Å². The van der Waals surface area contributed by atoms with E-state index in [0.29, 0.717) is 24.3 Å². The van der Waals surface area contributed by atoms with Crippen LogP contribution in [0.3, 0.4) is 0 Å². The molecule has 1 atom stereocenters. The molecule has 0 aliphatic rings. The second kappa shape index (κ2) is 8.29. The average molecular weight is 264 g/mol. The lowest BCUT2D eigenvalue weighted by Gasteiger charge is -2.17. The minimum Gasteiger partial charge on any atom is -0.479 e. The molecule has 1 aromatic rings. The number of hydrogen-bond donors (Lipinski definition) is 0. The molecule has 19 heavy (non-hydrogen) atoms. The summed E-state index contributed by atoms with van der Waals surface area (Å²) in [5.41, 5.74) is 0.577. The normalized spacial score (nSPS) is 11.7. The third kappa shape index (κ3) is 5.12. The Balaban J connectivity index is 2.68. The third-order valence-corrected chi connectivity index (χ3v) is 2.66. The standard InChI is InChI=1S/C15H20O4/c1-3-5-6-14(15(17)18-4-2)19-13-9-7-12(11-16)8-10-13/h7-11,14H,3-6H2,1-2H3. The van der Waals surface area contributed by atoms with Gasteiger partial charge in [-0.25, -0.2) is 4.79 Å². The van der Waals surface area contributed by atoms with Gasteiger partial charge < -0.3 is 9.47 Å². The number of carbonyl (C=O) groups is 2. The minimum atomic E-state index is -0.581. The number of benzene rings is 1. The number of rotatable bonds is 8. The summed E-state index contributed by atoms with van der Waals surface area (Å²) in [6, 6.07) is 6.68. The van der Waals surface area contributed by atoms with Crippen LogP contribution in [0.15, 0.2) is 24.3 Å². The first kappa shape index (κ1) is 15.2. The van der Waals surface area contributed by atoms with Gasteiger partial charge in [0.1, 0.15) is 12.0 Å². The van der Waals surface area contributed by atoms with Crippen molar-refractivity contribution in [3.8, 4) is 5.75 Å². The largest absolute Gasteiger partial charge is 0.479 e. The first-order chi connectivity index (χ1) is 9.21. The van der Waals surface area contributed by atoms with E-state index in [1.165, 1.54) is 0 Å². The zero-order valence-corrected chi connectivity index (χ0v) is 11.4. The Bertz CT molecular complexity index is 397. The van der Waals surface area contributed by atoms with Crippen molar-refractivity contribution in [2.24, 2.45) is 0 Å². The maximum Gasteiger partial charge on any atom is 0.347 e. The van der Waals surface area contributed by atoms with Crippen molar-refractivity contribution >= 4 is 12.3 Å². The molecule has 0 aromatic heterocycles. The van der Waals surface area contributed by atoms with Crippen molar-refractivity contribution in [2.75, 3.05) is 6.61 Å². The molecule has 0 bridgehead atoms. The first-order valence-electron chi connectivity index (χ1n) is 6.59. The van der Waals surface area contributed by atoms with Gasteiger partial charge in [0.2, 0.25) is 0 Å². The molecule has 4 nitrogen and oxygen atoms in total. The highest BCUT2D eigenvalue weighted by atomic mass is 16.6. The Hall–Kier alpha value is -1.84. The minimum absolute atomic E-state index is 0.338. The Labute approximate surface area is 113 Å². The van der Waals surface area contributed by atoms with Gasteiger partial charge >= 0.3 is 5.97 Å². The Morgan fingerprint density at radius 2 is 1.95 bits per heavy atom. The van der Waals surface area contributed by atoms with Crippen LogP contribution in [-0.2, 0) is 9.53 Å². The van der Waals surface area contributed by atoms with Gasteiger partial charge in [-0.1, -0.05) is 13.3 Å². The second-order valence-electron chi connectivity index (χ2n) is 4.19. The molecule has 104 valence electrons. The zero-order valence-electron chi connectivity index (χ0n) is 11.4. The third-order valence-electron chi connectivity index (χ3n) is 2.66. The van der Waals surface area contributed by atoms with Crippen molar-refractivity contribution in [2.45, 2.75) is 39.2 Å². The zero-order chi connectivity index (χ0) is 14.1. The van der Waals surface area contributed by atoms with Gasteiger partial charge in [-0.2, -0.15) is 0 Å². The van der Waals surface area contributed by atoms with E-state index in [4.69, 9.17) is 9.47 Å². The highest BCUT2D eigenvalue weighted by molar-refractivity contribution is 5.76. The van der Waals surface area contributed by atoms with Crippen molar-refractivity contribution in [3.63, 3.8) is 0 Å². The molecule has 1 rings (SSSR count). The Morgan fingerprint density at radius 3 is 2.47 bits per heavy atom. The predicted octanol–water partition coefficient (Wildman–Crippen LogP) is 3.00. The van der Waals surface area contributed by atoms with Crippen LogP contribution in [-0.4, -0.2) is 25.0 Å². The Kier molecular flexibility index (Phi) is 6.64. The van der Waals surface area contributed by atoms with Crippen LogP contribution in [0.2, 0.25) is 0 Å². The molecule has 0 saturated carbocycles. The summed E-state index contributed by atoms with van der Waals surface area (Å²) in [4.78, 5) is 22.3. The molecule has 0 N–H and O–H groups in total. The molecule has 0 fully saturated rings. The van der Waals surface area contributed by atoms with E-state index in [0.717, 1.165) is 19.1 Å². The maximum absolute atomic E-state index is 11.8. The molecule has 1 unspecified atom stereocenters. The van der Waals surface area contributed by atoms with E-state index in [1.807, 2.05) is 0 Å². The average Bonchev–Trinajstić information content (AvgIpc) is 2.44. The van der Waals surface area contributed by atoms with Crippen LogP contribution < -0.4 is 4.74 Å². The fourth-order valence-corrected chi connectivity index (χ4v) is 1.64. The maximum atomic E-state index is 11.8. The van der Waals surface area contributed by atoms with Gasteiger partial charge in [-0.3, -0.25) is 4.79 Å². The monoisotopic (exact) mass is 264 g/mol. The van der Waals surface area contributed by atoms with Gasteiger partial charge in [0.05, 0.1) is 6.61 Å². The SMILES string of the molecule is CCCCC(Oc1ccc(C=O)cc1)C(=O)OCC. The highest BCUT2D eigenvalue weighted by Crippen LogP contribution is 2.16. The van der Waals surface area contributed by atoms with Crippen LogP contribution in [0.1, 0.15) is 43.5 Å². The topological polar surface area (TPSA) is 52.6 Å². The van der Waals surface area contributed by atoms with Crippen molar-refractivity contribution in [3.05, 3.63) is 29.8 Å². The molecule has 0 aliphatic carbocycles. The molecular weight excluding hydrogens is 244 g/mol. The van der Waals surface area contributed by atoms with E-state index < -0.39 is 6.10 Å². The highest BCUT2D eigenvalue weighted by Gasteiger charge is 2.21. The molecule has 4 heteroatoms. The van der Waals surface area contributed by atoms with Crippen molar-refractivity contribution in [1.29, 1.82) is 0 Å². The van der Waals surface area contributed by atoms with Crippen molar-refractivity contribution in [1.82, 2.24) is 0 Å². The number of carbonyl (C=O) groups excluding carboxylic acids is 2. The van der Waals surface area contributed by atoms with Gasteiger partial charge in [0.25, 0.3) is 0 Å². The fourth-order valence-electron chi connectivity index (χ4n) is 1.64. The van der Waals surface area contributed by atoms with E-state index in [1.54, 1.807) is 31.2 Å². The van der Waals surface area contributed by atoms with Crippen molar-refractivity contribution < 1.29 is 19.1 Å². The lowest BCUT2D eigenvalue weighted by Crippen LogP contribution is -2.29. The lowest BCUT2D eigenvalue weighted by molar-refractivity contribution is -0.151. The van der Waals surface area contributed by atoms with Gasteiger partial charge in [-0.15, -0.1) is 0 Å². The summed E-state index contributed by atoms with van der Waals surface area (Å²) in [6.45, 7) is 4.17. The molecule has 0 saturated heterocycles. The summed E-state index contributed by atoms with van der Waals surface area (Å²) in [6.07, 6.45) is 2.70. The van der Waals surface area contributed by atoms with Crippen LogP contribution >= 0.6 is 0 Å². The molecule has 1 aromatic carbocycles. The van der Waals surface area contributed by atoms with E-state index in [9.17, 15) is 9.59 Å². The molecule has 0 heterocycles. The smallest absolute Gasteiger partial charge is 0.347 e. The molecule has 0 spiro atoms. The quantitative estimate of drug-likeness (QED) is 0.535. The predicted molar refractivity (Wildman–Crippen MR) is 72.4 cm³/mol. The van der Waals surface area contributed by atoms with E-state index in [-0.39, 0.29) is 5.97 Å². The van der Waals surface area contributed by atoms with Gasteiger partial charge in [0.15, 0.2) is 6.10 Å². The lowest BCUT2D eigenvalue weighted by atomic mass is 10.1. The summed E-state index contributed by atoms with van der Waals surface area (Å²) in [7, 11) is 0. The number of unbranched alkanes of at least 4 members (excludes halogenated alkanes) is 1.